The smallest absolute Gasteiger partial charge is 0.333 e. The Balaban J connectivity index is 2.24. The van der Waals surface area contributed by atoms with Crippen LogP contribution in [-0.2, 0) is 19.1 Å². The Bertz CT molecular complexity index is 627. The van der Waals surface area contributed by atoms with E-state index in [9.17, 15) is 14.4 Å². The summed E-state index contributed by atoms with van der Waals surface area (Å²) in [6, 6.07) is 4.12. The Hall–Kier alpha value is -2.37. The predicted octanol–water partition coefficient (Wildman–Crippen LogP) is 1.30. The van der Waals surface area contributed by atoms with Crippen molar-refractivity contribution in [3.8, 4) is 0 Å². The van der Waals surface area contributed by atoms with Crippen LogP contribution in [-0.4, -0.2) is 30.4 Å². The summed E-state index contributed by atoms with van der Waals surface area (Å²) in [6.45, 7) is 5.80. The second-order valence-corrected chi connectivity index (χ2v) is 5.64. The van der Waals surface area contributed by atoms with E-state index in [2.05, 4.69) is 10.6 Å². The minimum Gasteiger partial charge on any atom is -0.464 e. The standard InChI is InChI=1S/C17H22N2O4/c1-4-23-17(22)15(12-7-5-6-10(2)11(12)3)19-16(21)13-8-9-14(20)18-13/h5-7,13,15H,4,8-9H2,1-3H3,(H,18,20)(H,19,21)/t13-,15-/m1/s1. The fraction of sp³-hybridized carbons (Fsp3) is 0.471. The zero-order valence-electron chi connectivity index (χ0n) is 13.6. The summed E-state index contributed by atoms with van der Waals surface area (Å²) in [6.07, 6.45) is 0.763. The third-order valence-corrected chi connectivity index (χ3v) is 4.08. The van der Waals surface area contributed by atoms with E-state index < -0.39 is 18.1 Å². The van der Waals surface area contributed by atoms with Crippen molar-refractivity contribution in [2.75, 3.05) is 6.61 Å². The van der Waals surface area contributed by atoms with Gasteiger partial charge >= 0.3 is 5.97 Å². The van der Waals surface area contributed by atoms with Crippen LogP contribution >= 0.6 is 0 Å². The van der Waals surface area contributed by atoms with Crippen LogP contribution in [0, 0.1) is 13.8 Å². The monoisotopic (exact) mass is 318 g/mol. The molecule has 1 aromatic carbocycles. The van der Waals surface area contributed by atoms with Gasteiger partial charge in [0, 0.05) is 6.42 Å². The van der Waals surface area contributed by atoms with E-state index in [1.807, 2.05) is 26.0 Å². The lowest BCUT2D eigenvalue weighted by Gasteiger charge is -2.22. The van der Waals surface area contributed by atoms with Crippen molar-refractivity contribution in [2.24, 2.45) is 0 Å². The minimum absolute atomic E-state index is 0.149. The number of carbonyl (C=O) groups is 3. The first kappa shape index (κ1) is 17.0. The fourth-order valence-electron chi connectivity index (χ4n) is 2.63. The molecule has 2 N–H and O–H groups in total. The molecular weight excluding hydrogens is 296 g/mol. The molecule has 23 heavy (non-hydrogen) atoms. The van der Waals surface area contributed by atoms with Crippen LogP contribution in [0.25, 0.3) is 0 Å². The summed E-state index contributed by atoms with van der Waals surface area (Å²) in [4.78, 5) is 35.9. The van der Waals surface area contributed by atoms with Crippen LogP contribution < -0.4 is 10.6 Å². The molecule has 1 heterocycles. The van der Waals surface area contributed by atoms with E-state index in [0.717, 1.165) is 11.1 Å². The third kappa shape index (κ3) is 3.88. The number of nitrogens with one attached hydrogen (secondary N) is 2. The van der Waals surface area contributed by atoms with E-state index in [4.69, 9.17) is 4.74 Å². The quantitative estimate of drug-likeness (QED) is 0.802. The molecule has 2 rings (SSSR count). The average Bonchev–Trinajstić information content (AvgIpc) is 2.95. The molecule has 1 aromatic rings. The summed E-state index contributed by atoms with van der Waals surface area (Å²) in [5, 5.41) is 5.32. The molecule has 0 unspecified atom stereocenters. The van der Waals surface area contributed by atoms with Crippen LogP contribution in [0.2, 0.25) is 0 Å². The molecular formula is C17H22N2O4. The Kier molecular flexibility index (Phi) is 5.36. The van der Waals surface area contributed by atoms with Crippen LogP contribution in [0.5, 0.6) is 0 Å². The van der Waals surface area contributed by atoms with E-state index in [0.29, 0.717) is 18.4 Å². The molecule has 2 atom stereocenters. The highest BCUT2D eigenvalue weighted by atomic mass is 16.5. The highest BCUT2D eigenvalue weighted by molar-refractivity contribution is 5.93. The van der Waals surface area contributed by atoms with Crippen LogP contribution in [0.3, 0.4) is 0 Å². The summed E-state index contributed by atoms with van der Waals surface area (Å²) >= 11 is 0. The molecule has 0 radical (unpaired) electrons. The van der Waals surface area contributed by atoms with Crippen molar-refractivity contribution in [3.05, 3.63) is 34.9 Å². The van der Waals surface area contributed by atoms with Gasteiger partial charge in [0.25, 0.3) is 0 Å². The minimum atomic E-state index is -0.875. The topological polar surface area (TPSA) is 84.5 Å². The number of hydrogen-bond acceptors (Lipinski definition) is 4. The first-order valence-corrected chi connectivity index (χ1v) is 7.76. The zero-order valence-corrected chi connectivity index (χ0v) is 13.6. The second-order valence-electron chi connectivity index (χ2n) is 5.64. The van der Waals surface area contributed by atoms with Crippen LogP contribution in [0.1, 0.15) is 42.5 Å². The maximum Gasteiger partial charge on any atom is 0.333 e. The molecule has 0 spiro atoms. The Labute approximate surface area is 135 Å². The number of carbonyl (C=O) groups excluding carboxylic acids is 3. The van der Waals surface area contributed by atoms with Gasteiger partial charge in [0.15, 0.2) is 6.04 Å². The average molecular weight is 318 g/mol. The largest absolute Gasteiger partial charge is 0.464 e. The SMILES string of the molecule is CCOC(=O)[C@H](NC(=O)[C@H]1CCC(=O)N1)c1cccc(C)c1C. The van der Waals surface area contributed by atoms with Crippen molar-refractivity contribution >= 4 is 17.8 Å². The van der Waals surface area contributed by atoms with E-state index in [-0.39, 0.29) is 18.4 Å². The van der Waals surface area contributed by atoms with Gasteiger partial charge < -0.3 is 15.4 Å². The van der Waals surface area contributed by atoms with Gasteiger partial charge in [-0.1, -0.05) is 18.2 Å². The normalized spacial score (nSPS) is 18.2. The molecule has 6 nitrogen and oxygen atoms in total. The molecule has 1 fully saturated rings. The molecule has 2 amide bonds. The van der Waals surface area contributed by atoms with Gasteiger partial charge in [-0.3, -0.25) is 9.59 Å². The third-order valence-electron chi connectivity index (χ3n) is 4.08. The molecule has 1 saturated heterocycles. The Morgan fingerprint density at radius 1 is 1.39 bits per heavy atom. The number of rotatable bonds is 5. The molecule has 1 aliphatic rings. The van der Waals surface area contributed by atoms with Crippen molar-refractivity contribution in [2.45, 2.75) is 45.7 Å². The van der Waals surface area contributed by atoms with Gasteiger partial charge in [0.2, 0.25) is 11.8 Å². The van der Waals surface area contributed by atoms with Crippen molar-refractivity contribution in [1.82, 2.24) is 10.6 Å². The van der Waals surface area contributed by atoms with Gasteiger partial charge in [-0.05, 0) is 43.9 Å². The van der Waals surface area contributed by atoms with E-state index in [1.165, 1.54) is 0 Å². The highest BCUT2D eigenvalue weighted by Gasteiger charge is 2.32. The zero-order chi connectivity index (χ0) is 17.0. The maximum absolute atomic E-state index is 12.3. The first-order chi connectivity index (χ1) is 10.9. The summed E-state index contributed by atoms with van der Waals surface area (Å²) in [7, 11) is 0. The molecule has 1 aliphatic heterocycles. The van der Waals surface area contributed by atoms with E-state index in [1.54, 1.807) is 13.0 Å². The van der Waals surface area contributed by atoms with Gasteiger partial charge in [-0.25, -0.2) is 4.79 Å². The van der Waals surface area contributed by atoms with Crippen molar-refractivity contribution in [3.63, 3.8) is 0 Å². The molecule has 124 valence electrons. The second kappa shape index (κ2) is 7.26. The number of amides is 2. The number of ether oxygens (including phenoxy) is 1. The lowest BCUT2D eigenvalue weighted by Crippen LogP contribution is -2.45. The van der Waals surface area contributed by atoms with Crippen molar-refractivity contribution < 1.29 is 19.1 Å². The maximum atomic E-state index is 12.3. The highest BCUT2D eigenvalue weighted by Crippen LogP contribution is 2.22. The fourth-order valence-corrected chi connectivity index (χ4v) is 2.63. The number of benzene rings is 1. The van der Waals surface area contributed by atoms with Gasteiger partial charge in [0.1, 0.15) is 6.04 Å². The molecule has 6 heteroatoms. The van der Waals surface area contributed by atoms with Gasteiger partial charge in [-0.15, -0.1) is 0 Å². The van der Waals surface area contributed by atoms with Crippen LogP contribution in [0.15, 0.2) is 18.2 Å². The molecule has 0 bridgehead atoms. The van der Waals surface area contributed by atoms with E-state index >= 15 is 0 Å². The first-order valence-electron chi connectivity index (χ1n) is 7.76. The summed E-state index contributed by atoms with van der Waals surface area (Å²) in [5.74, 6) is -1.02. The summed E-state index contributed by atoms with van der Waals surface area (Å²) < 4.78 is 5.10. The van der Waals surface area contributed by atoms with Gasteiger partial charge in [-0.2, -0.15) is 0 Å². The summed E-state index contributed by atoms with van der Waals surface area (Å²) in [5.41, 5.74) is 2.67. The van der Waals surface area contributed by atoms with Crippen molar-refractivity contribution in [1.29, 1.82) is 0 Å². The molecule has 0 aromatic heterocycles. The molecule has 0 saturated carbocycles. The lowest BCUT2D eigenvalue weighted by atomic mass is 9.97. The molecule has 0 aliphatic carbocycles. The Morgan fingerprint density at radius 3 is 2.74 bits per heavy atom. The van der Waals surface area contributed by atoms with Gasteiger partial charge in [0.05, 0.1) is 6.61 Å². The lowest BCUT2D eigenvalue weighted by molar-refractivity contribution is -0.147. The number of hydrogen-bond donors (Lipinski definition) is 2. The predicted molar refractivity (Wildman–Crippen MR) is 84.6 cm³/mol. The number of aryl methyl sites for hydroxylation is 1. The number of esters is 1. The van der Waals surface area contributed by atoms with Crippen LogP contribution in [0.4, 0.5) is 0 Å². The Morgan fingerprint density at radius 2 is 2.13 bits per heavy atom.